The lowest BCUT2D eigenvalue weighted by molar-refractivity contribution is -0.126. The molecular weight excluding hydrogens is 268 g/mol. The Kier molecular flexibility index (Phi) is 3.68. The fourth-order valence-electron chi connectivity index (χ4n) is 2.76. The molecule has 1 aromatic rings. The third-order valence-electron chi connectivity index (χ3n) is 4.35. The van der Waals surface area contributed by atoms with Crippen molar-refractivity contribution in [1.82, 2.24) is 10.2 Å². The molecule has 1 aliphatic heterocycles. The number of carbonyl (C=O) groups excluding carboxylic acids is 1. The highest BCUT2D eigenvalue weighted by atomic mass is 16.4. The Morgan fingerprint density at radius 1 is 1.33 bits per heavy atom. The van der Waals surface area contributed by atoms with E-state index >= 15 is 0 Å². The maximum absolute atomic E-state index is 12.1. The molecule has 5 nitrogen and oxygen atoms in total. The van der Waals surface area contributed by atoms with E-state index in [0.29, 0.717) is 18.2 Å². The van der Waals surface area contributed by atoms with Crippen molar-refractivity contribution in [1.29, 1.82) is 0 Å². The molecule has 1 aliphatic carbocycles. The summed E-state index contributed by atoms with van der Waals surface area (Å²) in [6, 6.07) is 5.48. The summed E-state index contributed by atoms with van der Waals surface area (Å²) in [6.07, 6.45) is 3.03. The summed E-state index contributed by atoms with van der Waals surface area (Å²) in [5, 5.41) is 12.1. The van der Waals surface area contributed by atoms with Crippen LogP contribution in [0.15, 0.2) is 18.2 Å². The first kappa shape index (κ1) is 14.1. The van der Waals surface area contributed by atoms with Crippen LogP contribution in [0.4, 0.5) is 0 Å². The first-order chi connectivity index (χ1) is 10.0. The Hall–Kier alpha value is -1.88. The number of carboxylic acid groups (broad SMARTS) is 1. The monoisotopic (exact) mass is 288 g/mol. The van der Waals surface area contributed by atoms with Gasteiger partial charge in [-0.05, 0) is 49.4 Å². The zero-order valence-electron chi connectivity index (χ0n) is 12.1. The molecule has 0 spiro atoms. The van der Waals surface area contributed by atoms with Gasteiger partial charge < -0.3 is 10.4 Å². The molecule has 21 heavy (non-hydrogen) atoms. The van der Waals surface area contributed by atoms with Crippen LogP contribution in [0.1, 0.15) is 41.3 Å². The van der Waals surface area contributed by atoms with E-state index in [-0.39, 0.29) is 11.9 Å². The molecule has 3 rings (SSSR count). The number of fused-ring (bicyclic) bond motifs is 1. The van der Waals surface area contributed by atoms with E-state index < -0.39 is 5.97 Å². The molecule has 1 fully saturated rings. The molecule has 5 heteroatoms. The standard InChI is InChI=1S/C16H20N2O3/c1-10(15(19)17-14-4-5-14)18-7-6-11-2-3-12(16(20)21)8-13(11)9-18/h2-3,8,10,14H,4-7,9H2,1H3,(H,17,19)(H,20,21). The van der Waals surface area contributed by atoms with Crippen LogP contribution in [-0.2, 0) is 17.8 Å². The number of benzene rings is 1. The first-order valence-corrected chi connectivity index (χ1v) is 7.44. The largest absolute Gasteiger partial charge is 0.478 e. The zero-order valence-corrected chi connectivity index (χ0v) is 12.1. The van der Waals surface area contributed by atoms with Gasteiger partial charge in [0, 0.05) is 19.1 Å². The molecule has 1 amide bonds. The minimum Gasteiger partial charge on any atom is -0.478 e. The van der Waals surface area contributed by atoms with E-state index in [4.69, 9.17) is 5.11 Å². The number of hydrogen-bond acceptors (Lipinski definition) is 3. The van der Waals surface area contributed by atoms with Crippen molar-refractivity contribution in [2.45, 2.75) is 44.8 Å². The predicted molar refractivity (Wildman–Crippen MR) is 78.1 cm³/mol. The van der Waals surface area contributed by atoms with Crippen LogP contribution in [0.3, 0.4) is 0 Å². The van der Waals surface area contributed by atoms with Crippen LogP contribution in [0, 0.1) is 0 Å². The van der Waals surface area contributed by atoms with E-state index in [0.717, 1.165) is 31.4 Å². The van der Waals surface area contributed by atoms with E-state index in [2.05, 4.69) is 10.2 Å². The van der Waals surface area contributed by atoms with Crippen LogP contribution in [0.25, 0.3) is 0 Å². The van der Waals surface area contributed by atoms with E-state index in [9.17, 15) is 9.59 Å². The summed E-state index contributed by atoms with van der Waals surface area (Å²) < 4.78 is 0. The minimum atomic E-state index is -0.908. The average molecular weight is 288 g/mol. The van der Waals surface area contributed by atoms with E-state index in [1.165, 1.54) is 5.56 Å². The van der Waals surface area contributed by atoms with Gasteiger partial charge in [0.25, 0.3) is 0 Å². The highest BCUT2D eigenvalue weighted by Gasteiger charge is 2.30. The van der Waals surface area contributed by atoms with Crippen molar-refractivity contribution >= 4 is 11.9 Å². The fourth-order valence-corrected chi connectivity index (χ4v) is 2.76. The average Bonchev–Trinajstić information content (AvgIpc) is 3.29. The Bertz CT molecular complexity index is 581. The van der Waals surface area contributed by atoms with E-state index in [1.807, 2.05) is 13.0 Å². The SMILES string of the molecule is CC(C(=O)NC1CC1)N1CCc2ccc(C(=O)O)cc2C1. The molecule has 2 N–H and O–H groups in total. The first-order valence-electron chi connectivity index (χ1n) is 7.44. The fraction of sp³-hybridized carbons (Fsp3) is 0.500. The van der Waals surface area contributed by atoms with E-state index in [1.54, 1.807) is 12.1 Å². The summed E-state index contributed by atoms with van der Waals surface area (Å²) in [7, 11) is 0. The van der Waals surface area contributed by atoms with Crippen molar-refractivity contribution in [3.05, 3.63) is 34.9 Å². The number of carboxylic acids is 1. The third kappa shape index (κ3) is 3.08. The second-order valence-electron chi connectivity index (χ2n) is 5.97. The summed E-state index contributed by atoms with van der Waals surface area (Å²) in [5.41, 5.74) is 2.52. The lowest BCUT2D eigenvalue weighted by atomic mass is 9.96. The van der Waals surface area contributed by atoms with Gasteiger partial charge in [0.05, 0.1) is 11.6 Å². The molecule has 1 unspecified atom stereocenters. The van der Waals surface area contributed by atoms with Gasteiger partial charge in [0.2, 0.25) is 5.91 Å². The van der Waals surface area contributed by atoms with Gasteiger partial charge in [-0.25, -0.2) is 4.79 Å². The van der Waals surface area contributed by atoms with Gasteiger partial charge >= 0.3 is 5.97 Å². The highest BCUT2D eigenvalue weighted by molar-refractivity contribution is 5.88. The minimum absolute atomic E-state index is 0.0790. The summed E-state index contributed by atoms with van der Waals surface area (Å²) in [6.45, 7) is 3.39. The molecule has 0 bridgehead atoms. The number of carbonyl (C=O) groups is 2. The lowest BCUT2D eigenvalue weighted by Gasteiger charge is -2.33. The van der Waals surface area contributed by atoms with Crippen LogP contribution >= 0.6 is 0 Å². The molecule has 0 saturated heterocycles. The van der Waals surface area contributed by atoms with Gasteiger partial charge in [-0.15, -0.1) is 0 Å². The lowest BCUT2D eigenvalue weighted by Crippen LogP contribution is -2.47. The zero-order chi connectivity index (χ0) is 15.0. The third-order valence-corrected chi connectivity index (χ3v) is 4.35. The molecule has 1 aromatic carbocycles. The second kappa shape index (κ2) is 5.48. The molecule has 1 heterocycles. The normalized spacial score (nSPS) is 19.7. The van der Waals surface area contributed by atoms with Crippen LogP contribution in [0.5, 0.6) is 0 Å². The number of hydrogen-bond donors (Lipinski definition) is 2. The number of amides is 1. The molecule has 1 atom stereocenters. The number of aromatic carboxylic acids is 1. The Balaban J connectivity index is 1.71. The number of nitrogens with one attached hydrogen (secondary N) is 1. The van der Waals surface area contributed by atoms with Crippen LogP contribution in [-0.4, -0.2) is 40.5 Å². The molecule has 2 aliphatic rings. The van der Waals surface area contributed by atoms with Crippen molar-refractivity contribution in [3.63, 3.8) is 0 Å². The van der Waals surface area contributed by atoms with Gasteiger partial charge in [0.1, 0.15) is 0 Å². The molecular formula is C16H20N2O3. The van der Waals surface area contributed by atoms with Gasteiger partial charge in [-0.1, -0.05) is 6.07 Å². The number of nitrogens with zero attached hydrogens (tertiary/aromatic N) is 1. The maximum Gasteiger partial charge on any atom is 0.335 e. The molecule has 1 saturated carbocycles. The Labute approximate surface area is 123 Å². The molecule has 0 radical (unpaired) electrons. The van der Waals surface area contributed by atoms with Gasteiger partial charge in [-0.3, -0.25) is 9.69 Å². The summed E-state index contributed by atoms with van der Waals surface area (Å²) >= 11 is 0. The maximum atomic E-state index is 12.1. The number of rotatable bonds is 4. The Morgan fingerprint density at radius 2 is 2.10 bits per heavy atom. The van der Waals surface area contributed by atoms with Gasteiger partial charge in [-0.2, -0.15) is 0 Å². The summed E-state index contributed by atoms with van der Waals surface area (Å²) in [5.74, 6) is -0.829. The van der Waals surface area contributed by atoms with Crippen molar-refractivity contribution in [2.75, 3.05) is 6.54 Å². The second-order valence-corrected chi connectivity index (χ2v) is 5.97. The quantitative estimate of drug-likeness (QED) is 0.879. The summed E-state index contributed by atoms with van der Waals surface area (Å²) in [4.78, 5) is 25.3. The molecule has 112 valence electrons. The Morgan fingerprint density at radius 3 is 2.76 bits per heavy atom. The van der Waals surface area contributed by atoms with Crippen LogP contribution in [0.2, 0.25) is 0 Å². The smallest absolute Gasteiger partial charge is 0.335 e. The molecule has 0 aromatic heterocycles. The predicted octanol–water partition coefficient (Wildman–Crippen LogP) is 1.41. The van der Waals surface area contributed by atoms with Crippen molar-refractivity contribution < 1.29 is 14.7 Å². The van der Waals surface area contributed by atoms with Crippen LogP contribution < -0.4 is 5.32 Å². The van der Waals surface area contributed by atoms with Gasteiger partial charge in [0.15, 0.2) is 0 Å². The van der Waals surface area contributed by atoms with Crippen molar-refractivity contribution in [3.8, 4) is 0 Å². The van der Waals surface area contributed by atoms with Crippen molar-refractivity contribution in [2.24, 2.45) is 0 Å². The topological polar surface area (TPSA) is 69.6 Å². The highest BCUT2D eigenvalue weighted by Crippen LogP contribution is 2.23.